The largest absolute Gasteiger partial charge is 0.393 e. The Bertz CT molecular complexity index is 820. The van der Waals surface area contributed by atoms with E-state index in [1.165, 1.54) is 56.9 Å². The molecule has 0 aromatic rings. The maximum absolute atomic E-state index is 10.9. The molecule has 0 aliphatic heterocycles. The summed E-state index contributed by atoms with van der Waals surface area (Å²) >= 11 is 0. The van der Waals surface area contributed by atoms with Crippen LogP contribution in [0.15, 0.2) is 23.8 Å². The molecule has 0 spiro atoms. The molecule has 0 unspecified atom stereocenters. The van der Waals surface area contributed by atoms with Gasteiger partial charge in [-0.3, -0.25) is 0 Å². The Morgan fingerprint density at radius 2 is 1.61 bits per heavy atom. The molecule has 9 atom stereocenters. The Balaban J connectivity index is 1.60. The van der Waals surface area contributed by atoms with Gasteiger partial charge in [0.05, 0.1) is 6.10 Å². The van der Waals surface area contributed by atoms with Crippen molar-refractivity contribution in [3.05, 3.63) is 23.8 Å². The quantitative estimate of drug-likeness (QED) is 0.391. The molecule has 1 N–H and O–H groups in total. The van der Waals surface area contributed by atoms with Crippen LogP contribution >= 0.6 is 0 Å². The van der Waals surface area contributed by atoms with Crippen molar-refractivity contribution in [3.63, 3.8) is 0 Å². The molecule has 4 saturated carbocycles. The first-order chi connectivity index (χ1) is 14.3. The molecule has 0 heterocycles. The lowest BCUT2D eigenvalue weighted by Crippen LogP contribution is -2.64. The number of hydrogen-bond acceptors (Lipinski definition) is 1. The molecule has 0 amide bonds. The molecular weight excluding hydrogens is 376 g/mol. The zero-order valence-electron chi connectivity index (χ0n) is 21.5. The number of fused-ring (bicyclic) bond motifs is 7. The third kappa shape index (κ3) is 2.59. The van der Waals surface area contributed by atoms with Gasteiger partial charge in [0.15, 0.2) is 0 Å². The lowest BCUT2D eigenvalue weighted by molar-refractivity contribution is -0.202. The van der Waals surface area contributed by atoms with E-state index in [4.69, 9.17) is 0 Å². The second-order valence-electron chi connectivity index (χ2n) is 14.2. The molecular formula is C30H48O. The van der Waals surface area contributed by atoms with Crippen LogP contribution < -0.4 is 0 Å². The average Bonchev–Trinajstić information content (AvgIpc) is 2.69. The normalized spacial score (nSPS) is 55.9. The molecule has 0 aromatic carbocycles. The van der Waals surface area contributed by atoms with Crippen LogP contribution in [0.25, 0.3) is 0 Å². The van der Waals surface area contributed by atoms with Gasteiger partial charge in [-0.15, -0.1) is 0 Å². The van der Waals surface area contributed by atoms with Gasteiger partial charge in [-0.1, -0.05) is 72.3 Å². The van der Waals surface area contributed by atoms with E-state index >= 15 is 0 Å². The van der Waals surface area contributed by atoms with Gasteiger partial charge in [0.25, 0.3) is 0 Å². The standard InChI is InChI=1S/C30H48O/c1-19-11-14-27(5)17-18-29(7)21(25(27)20(19)2)9-10-23-28(6)15-13-24(31)26(3,4)22(28)12-16-30(23,29)8/h9,20,22-25,31H,1,10-18H2,2-8H3/t20-,22-,23+,24-,25-,27+,28-,29+,30+/m0/s1. The van der Waals surface area contributed by atoms with Gasteiger partial charge < -0.3 is 5.11 Å². The van der Waals surface area contributed by atoms with Gasteiger partial charge in [0.1, 0.15) is 0 Å². The lowest BCUT2D eigenvalue weighted by Gasteiger charge is -2.71. The van der Waals surface area contributed by atoms with E-state index in [-0.39, 0.29) is 11.5 Å². The summed E-state index contributed by atoms with van der Waals surface area (Å²) in [6, 6.07) is 0. The predicted octanol–water partition coefficient (Wildman–Crippen LogP) is 7.94. The summed E-state index contributed by atoms with van der Waals surface area (Å²) in [5.41, 5.74) is 4.88. The fourth-order valence-corrected chi connectivity index (χ4v) is 10.6. The molecule has 0 aromatic heterocycles. The van der Waals surface area contributed by atoms with Gasteiger partial charge >= 0.3 is 0 Å². The number of rotatable bonds is 0. The van der Waals surface area contributed by atoms with Crippen molar-refractivity contribution in [1.29, 1.82) is 0 Å². The summed E-state index contributed by atoms with van der Waals surface area (Å²) in [5.74, 6) is 2.70. The first kappa shape index (κ1) is 22.2. The van der Waals surface area contributed by atoms with Crippen LogP contribution in [0, 0.1) is 50.7 Å². The maximum Gasteiger partial charge on any atom is 0.0594 e. The molecule has 5 rings (SSSR count). The van der Waals surface area contributed by atoms with Crippen molar-refractivity contribution in [2.24, 2.45) is 50.7 Å². The Kier molecular flexibility index (Phi) is 4.68. The molecule has 174 valence electrons. The van der Waals surface area contributed by atoms with E-state index < -0.39 is 0 Å². The first-order valence-corrected chi connectivity index (χ1v) is 13.4. The van der Waals surface area contributed by atoms with E-state index in [1.807, 2.05) is 5.57 Å². The monoisotopic (exact) mass is 424 g/mol. The second-order valence-corrected chi connectivity index (χ2v) is 14.2. The zero-order chi connectivity index (χ0) is 22.6. The topological polar surface area (TPSA) is 20.2 Å². The van der Waals surface area contributed by atoms with Gasteiger partial charge in [-0.05, 0) is 109 Å². The van der Waals surface area contributed by atoms with Crippen LogP contribution in [-0.4, -0.2) is 11.2 Å². The van der Waals surface area contributed by atoms with E-state index in [0.717, 1.165) is 12.3 Å². The summed E-state index contributed by atoms with van der Waals surface area (Å²) in [6.07, 6.45) is 14.0. The summed E-state index contributed by atoms with van der Waals surface area (Å²) in [7, 11) is 0. The van der Waals surface area contributed by atoms with Gasteiger partial charge in [-0.2, -0.15) is 0 Å². The number of hydrogen-bond donors (Lipinski definition) is 1. The van der Waals surface area contributed by atoms with Gasteiger partial charge in [0.2, 0.25) is 0 Å². The molecule has 31 heavy (non-hydrogen) atoms. The minimum Gasteiger partial charge on any atom is -0.393 e. The first-order valence-electron chi connectivity index (χ1n) is 13.4. The second kappa shape index (κ2) is 6.52. The molecule has 4 fully saturated rings. The maximum atomic E-state index is 10.9. The summed E-state index contributed by atoms with van der Waals surface area (Å²) in [4.78, 5) is 0. The fourth-order valence-electron chi connectivity index (χ4n) is 10.6. The number of allylic oxidation sites excluding steroid dienone is 3. The van der Waals surface area contributed by atoms with Crippen molar-refractivity contribution >= 4 is 0 Å². The molecule has 1 nitrogen and oxygen atoms in total. The minimum absolute atomic E-state index is 0.0417. The highest BCUT2D eigenvalue weighted by Crippen LogP contribution is 2.75. The Morgan fingerprint density at radius 3 is 2.32 bits per heavy atom. The van der Waals surface area contributed by atoms with E-state index in [2.05, 4.69) is 61.1 Å². The Hall–Kier alpha value is -0.560. The Labute approximate surface area is 192 Å². The summed E-state index contributed by atoms with van der Waals surface area (Å²) < 4.78 is 0. The Morgan fingerprint density at radius 1 is 0.903 bits per heavy atom. The van der Waals surface area contributed by atoms with E-state index in [9.17, 15) is 5.11 Å². The predicted molar refractivity (Wildman–Crippen MR) is 131 cm³/mol. The van der Waals surface area contributed by atoms with Crippen LogP contribution in [0.5, 0.6) is 0 Å². The minimum atomic E-state index is -0.135. The fraction of sp³-hybridized carbons (Fsp3) is 0.867. The summed E-state index contributed by atoms with van der Waals surface area (Å²) in [6.45, 7) is 22.3. The lowest BCUT2D eigenvalue weighted by atomic mass is 9.33. The zero-order valence-corrected chi connectivity index (χ0v) is 21.5. The van der Waals surface area contributed by atoms with Crippen molar-refractivity contribution < 1.29 is 5.11 Å². The van der Waals surface area contributed by atoms with Crippen LogP contribution in [0.3, 0.4) is 0 Å². The average molecular weight is 425 g/mol. The third-order valence-corrected chi connectivity index (χ3v) is 12.9. The number of aliphatic hydroxyl groups is 1. The van der Waals surface area contributed by atoms with Crippen molar-refractivity contribution in [1.82, 2.24) is 0 Å². The molecule has 5 aliphatic carbocycles. The van der Waals surface area contributed by atoms with E-state index in [1.54, 1.807) is 0 Å². The van der Waals surface area contributed by atoms with Gasteiger partial charge in [0, 0.05) is 0 Å². The van der Waals surface area contributed by atoms with Crippen LogP contribution in [0.1, 0.15) is 106 Å². The van der Waals surface area contributed by atoms with Crippen LogP contribution in [-0.2, 0) is 0 Å². The van der Waals surface area contributed by atoms with Crippen molar-refractivity contribution in [2.45, 2.75) is 112 Å². The third-order valence-electron chi connectivity index (χ3n) is 12.9. The molecule has 0 bridgehead atoms. The molecule has 1 heteroatoms. The van der Waals surface area contributed by atoms with Gasteiger partial charge in [-0.25, -0.2) is 0 Å². The van der Waals surface area contributed by atoms with Crippen LogP contribution in [0.2, 0.25) is 0 Å². The highest BCUT2D eigenvalue weighted by atomic mass is 16.3. The smallest absolute Gasteiger partial charge is 0.0594 e. The highest BCUT2D eigenvalue weighted by molar-refractivity contribution is 5.35. The molecule has 0 saturated heterocycles. The molecule has 5 aliphatic rings. The number of aliphatic hydroxyl groups excluding tert-OH is 1. The van der Waals surface area contributed by atoms with Crippen molar-refractivity contribution in [3.8, 4) is 0 Å². The SMILES string of the molecule is C=C1CC[C@]2(C)CC[C@]3(C)C(=CC[C@@H]4[C@@]5(C)CC[C@H](O)C(C)(C)[C@@H]5CC[C@]43C)[C@@H]2[C@H]1C. The highest BCUT2D eigenvalue weighted by Gasteiger charge is 2.67. The summed E-state index contributed by atoms with van der Waals surface area (Å²) in [5, 5.41) is 10.9. The van der Waals surface area contributed by atoms with Crippen LogP contribution in [0.4, 0.5) is 0 Å². The van der Waals surface area contributed by atoms with E-state index in [0.29, 0.717) is 39.4 Å². The molecule has 0 radical (unpaired) electrons. The van der Waals surface area contributed by atoms with Crippen molar-refractivity contribution in [2.75, 3.05) is 0 Å².